The molecule has 2 aromatic carbocycles. The van der Waals surface area contributed by atoms with Crippen LogP contribution in [-0.2, 0) is 9.53 Å². The predicted molar refractivity (Wildman–Crippen MR) is 123 cm³/mol. The Hall–Kier alpha value is -3.70. The van der Waals surface area contributed by atoms with Crippen LogP contribution in [0.15, 0.2) is 47.8 Å². The van der Waals surface area contributed by atoms with Crippen LogP contribution in [-0.4, -0.2) is 56.9 Å². The van der Waals surface area contributed by atoms with Crippen LogP contribution in [0.1, 0.15) is 0 Å². The third kappa shape index (κ3) is 5.76. The molecule has 3 rings (SSSR count). The summed E-state index contributed by atoms with van der Waals surface area (Å²) in [6, 6.07) is 11.3. The molecule has 0 N–H and O–H groups in total. The van der Waals surface area contributed by atoms with Crippen molar-refractivity contribution in [2.75, 3.05) is 46.0 Å². The van der Waals surface area contributed by atoms with Crippen molar-refractivity contribution < 1.29 is 28.7 Å². The number of nitro benzene ring substituents is 1. The molecule has 1 heterocycles. The fraction of sp³-hybridized carbons (Fsp3) is 0.273. The molecule has 0 spiro atoms. The van der Waals surface area contributed by atoms with Gasteiger partial charge in [-0.3, -0.25) is 19.8 Å². The molecule has 0 saturated carbocycles. The van der Waals surface area contributed by atoms with E-state index in [4.69, 9.17) is 18.9 Å². The molecule has 0 atom stereocenters. The van der Waals surface area contributed by atoms with Crippen molar-refractivity contribution >= 4 is 28.1 Å². The highest BCUT2D eigenvalue weighted by Crippen LogP contribution is 2.36. The maximum Gasteiger partial charge on any atom is 0.310 e. The number of methoxy groups -OCH3 is 3. The van der Waals surface area contributed by atoms with Crippen LogP contribution in [0.5, 0.6) is 17.2 Å². The Bertz CT molecular complexity index is 1120. The molecule has 11 heteroatoms. The first-order valence-corrected chi connectivity index (χ1v) is 10.7. The van der Waals surface area contributed by atoms with Gasteiger partial charge in [-0.25, -0.2) is 4.98 Å². The van der Waals surface area contributed by atoms with Crippen molar-refractivity contribution in [1.82, 2.24) is 4.98 Å². The molecular formula is C22H23N3O7S. The Morgan fingerprint density at radius 2 is 1.91 bits per heavy atom. The van der Waals surface area contributed by atoms with Gasteiger partial charge in [-0.15, -0.1) is 11.3 Å². The molecule has 0 saturated heterocycles. The normalized spacial score (nSPS) is 10.5. The Kier molecular flexibility index (Phi) is 8.17. The Morgan fingerprint density at radius 3 is 2.61 bits per heavy atom. The van der Waals surface area contributed by atoms with Gasteiger partial charge in [0.2, 0.25) is 0 Å². The zero-order valence-corrected chi connectivity index (χ0v) is 19.2. The maximum atomic E-state index is 13.0. The predicted octanol–water partition coefficient (Wildman–Crippen LogP) is 3.79. The van der Waals surface area contributed by atoms with Gasteiger partial charge in [0, 0.05) is 24.1 Å². The van der Waals surface area contributed by atoms with Crippen LogP contribution in [0.4, 0.5) is 10.8 Å². The molecule has 3 aromatic rings. The van der Waals surface area contributed by atoms with Crippen LogP contribution in [0.25, 0.3) is 11.3 Å². The van der Waals surface area contributed by atoms with Gasteiger partial charge in [0.15, 0.2) is 17.5 Å². The van der Waals surface area contributed by atoms with Crippen molar-refractivity contribution in [3.05, 3.63) is 58.0 Å². The minimum Gasteiger partial charge on any atom is -0.497 e. The molecule has 0 aliphatic carbocycles. The third-order valence-electron chi connectivity index (χ3n) is 4.64. The van der Waals surface area contributed by atoms with E-state index in [-0.39, 0.29) is 24.6 Å². The van der Waals surface area contributed by atoms with E-state index >= 15 is 0 Å². The van der Waals surface area contributed by atoms with Gasteiger partial charge >= 0.3 is 5.69 Å². The number of para-hydroxylation sites is 2. The summed E-state index contributed by atoms with van der Waals surface area (Å²) >= 11 is 1.27. The summed E-state index contributed by atoms with van der Waals surface area (Å²) < 4.78 is 21.3. The molecule has 0 aliphatic rings. The highest BCUT2D eigenvalue weighted by atomic mass is 32.1. The van der Waals surface area contributed by atoms with Gasteiger partial charge in [0.25, 0.3) is 5.91 Å². The number of amides is 1. The molecule has 0 unspecified atom stereocenters. The van der Waals surface area contributed by atoms with Crippen molar-refractivity contribution in [2.45, 2.75) is 0 Å². The maximum absolute atomic E-state index is 13.0. The lowest BCUT2D eigenvalue weighted by Crippen LogP contribution is -2.37. The first-order chi connectivity index (χ1) is 16.0. The highest BCUT2D eigenvalue weighted by molar-refractivity contribution is 7.14. The number of aromatic nitrogens is 1. The average molecular weight is 474 g/mol. The largest absolute Gasteiger partial charge is 0.497 e. The lowest BCUT2D eigenvalue weighted by atomic mass is 10.1. The van der Waals surface area contributed by atoms with Crippen molar-refractivity contribution in [1.29, 1.82) is 0 Å². The molecule has 0 aliphatic heterocycles. The molecule has 174 valence electrons. The van der Waals surface area contributed by atoms with E-state index in [1.165, 1.54) is 41.5 Å². The molecule has 1 aromatic heterocycles. The number of rotatable bonds is 11. The Balaban J connectivity index is 1.83. The second-order valence-corrected chi connectivity index (χ2v) is 7.47. The van der Waals surface area contributed by atoms with Gasteiger partial charge in [-0.1, -0.05) is 12.1 Å². The minimum atomic E-state index is -0.558. The van der Waals surface area contributed by atoms with Gasteiger partial charge in [0.05, 0.1) is 38.0 Å². The molecule has 1 amide bonds. The monoisotopic (exact) mass is 473 g/mol. The van der Waals surface area contributed by atoms with Crippen LogP contribution in [0, 0.1) is 10.1 Å². The average Bonchev–Trinajstić information content (AvgIpc) is 3.32. The number of nitro groups is 1. The molecular weight excluding hydrogens is 450 g/mol. The summed E-state index contributed by atoms with van der Waals surface area (Å²) in [7, 11) is 4.66. The van der Waals surface area contributed by atoms with Crippen molar-refractivity contribution in [2.24, 2.45) is 0 Å². The number of ether oxygens (including phenoxy) is 4. The van der Waals surface area contributed by atoms with Crippen LogP contribution >= 0.6 is 11.3 Å². The second kappa shape index (κ2) is 11.2. The molecule has 33 heavy (non-hydrogen) atoms. The highest BCUT2D eigenvalue weighted by Gasteiger charge is 2.23. The molecule has 0 fully saturated rings. The molecule has 10 nitrogen and oxygen atoms in total. The lowest BCUT2D eigenvalue weighted by Gasteiger charge is -2.19. The van der Waals surface area contributed by atoms with E-state index < -0.39 is 17.4 Å². The molecule has 0 radical (unpaired) electrons. The van der Waals surface area contributed by atoms with Gasteiger partial charge in [-0.2, -0.15) is 0 Å². The van der Waals surface area contributed by atoms with Crippen molar-refractivity contribution in [3.8, 4) is 28.5 Å². The number of anilines is 1. The van der Waals surface area contributed by atoms with Gasteiger partial charge in [0.1, 0.15) is 11.5 Å². The van der Waals surface area contributed by atoms with E-state index in [0.717, 1.165) is 5.56 Å². The first-order valence-electron chi connectivity index (χ1n) is 9.82. The zero-order chi connectivity index (χ0) is 23.8. The topological polar surface area (TPSA) is 113 Å². The summed E-state index contributed by atoms with van der Waals surface area (Å²) in [5, 5.41) is 13.4. The Morgan fingerprint density at radius 1 is 1.12 bits per heavy atom. The number of thiazole rings is 1. The van der Waals surface area contributed by atoms with Crippen molar-refractivity contribution in [3.63, 3.8) is 0 Å². The van der Waals surface area contributed by atoms with Crippen LogP contribution < -0.4 is 19.1 Å². The first kappa shape index (κ1) is 24.0. The summed E-state index contributed by atoms with van der Waals surface area (Å²) in [6.45, 7) is 0.109. The molecule has 0 bridgehead atoms. The third-order valence-corrected chi connectivity index (χ3v) is 5.50. The summed E-state index contributed by atoms with van der Waals surface area (Å²) in [5.74, 6) is 0.861. The van der Waals surface area contributed by atoms with Crippen LogP contribution in [0.2, 0.25) is 0 Å². The number of hydrogen-bond acceptors (Lipinski definition) is 9. The summed E-state index contributed by atoms with van der Waals surface area (Å²) in [5.41, 5.74) is 1.12. The Labute approximate surface area is 194 Å². The van der Waals surface area contributed by atoms with Gasteiger partial charge in [-0.05, 0) is 24.3 Å². The van der Waals surface area contributed by atoms with Crippen LogP contribution in [0.3, 0.4) is 0 Å². The SMILES string of the molecule is COCCN(C(=O)COc1ccccc1[N+](=O)[O-])c1nc(-c2cc(OC)ccc2OC)cs1. The van der Waals surface area contributed by atoms with E-state index in [0.29, 0.717) is 22.3 Å². The standard InChI is InChI=1S/C22H23N3O7S/c1-29-11-10-24(21(26)13-32-20-7-5-4-6-18(20)25(27)28)22-23-17(14-33-22)16-12-15(30-2)8-9-19(16)31-3/h4-9,12,14H,10-11,13H2,1-3H3. The number of hydrogen-bond donors (Lipinski definition) is 0. The van der Waals surface area contributed by atoms with E-state index in [1.54, 1.807) is 38.5 Å². The van der Waals surface area contributed by atoms with E-state index in [1.807, 2.05) is 5.38 Å². The smallest absolute Gasteiger partial charge is 0.310 e. The zero-order valence-electron chi connectivity index (χ0n) is 18.3. The van der Waals surface area contributed by atoms with E-state index in [9.17, 15) is 14.9 Å². The summed E-state index contributed by atoms with van der Waals surface area (Å²) in [4.78, 5) is 29.6. The number of carbonyl (C=O) groups is 1. The van der Waals surface area contributed by atoms with E-state index in [2.05, 4.69) is 4.98 Å². The fourth-order valence-electron chi connectivity index (χ4n) is 2.98. The number of benzene rings is 2. The minimum absolute atomic E-state index is 0.0171. The second-order valence-electron chi connectivity index (χ2n) is 6.63. The summed E-state index contributed by atoms with van der Waals surface area (Å²) in [6.07, 6.45) is 0. The lowest BCUT2D eigenvalue weighted by molar-refractivity contribution is -0.385. The van der Waals surface area contributed by atoms with Gasteiger partial charge < -0.3 is 18.9 Å². The quantitative estimate of drug-likeness (QED) is 0.305. The fourth-order valence-corrected chi connectivity index (χ4v) is 3.85. The number of carbonyl (C=O) groups excluding carboxylic acids is 1. The number of nitrogens with zero attached hydrogens (tertiary/aromatic N) is 3.